The topological polar surface area (TPSA) is 74.8 Å². The van der Waals surface area contributed by atoms with E-state index in [-0.39, 0.29) is 36.0 Å². The lowest BCUT2D eigenvalue weighted by Crippen LogP contribution is -2.37. The van der Waals surface area contributed by atoms with Crippen molar-refractivity contribution in [3.8, 4) is 0 Å². The van der Waals surface area contributed by atoms with Gasteiger partial charge in [0.25, 0.3) is 5.91 Å². The molecule has 0 saturated carbocycles. The lowest BCUT2D eigenvalue weighted by molar-refractivity contribution is 0.0857. The first-order chi connectivity index (χ1) is 12.2. The lowest BCUT2D eigenvalue weighted by Gasteiger charge is -2.12. The largest absolute Gasteiger partial charge is 0.376 e. The molecular formula is C19H31IN4O2. The predicted octanol–water partition coefficient (Wildman–Crippen LogP) is 2.68. The van der Waals surface area contributed by atoms with Crippen LogP contribution in [0.2, 0.25) is 0 Å². The van der Waals surface area contributed by atoms with E-state index in [4.69, 9.17) is 4.74 Å². The summed E-state index contributed by atoms with van der Waals surface area (Å²) in [4.78, 5) is 16.9. The van der Waals surface area contributed by atoms with Crippen LogP contribution in [0.5, 0.6) is 0 Å². The molecule has 1 aromatic carbocycles. The van der Waals surface area contributed by atoms with Gasteiger partial charge >= 0.3 is 0 Å². The Morgan fingerprint density at radius 1 is 1.27 bits per heavy atom. The second-order valence-corrected chi connectivity index (χ2v) is 6.17. The van der Waals surface area contributed by atoms with Gasteiger partial charge in [0.05, 0.1) is 12.6 Å². The van der Waals surface area contributed by atoms with Crippen molar-refractivity contribution in [2.45, 2.75) is 45.8 Å². The molecule has 1 fully saturated rings. The monoisotopic (exact) mass is 474 g/mol. The Bertz CT molecular complexity index is 574. The van der Waals surface area contributed by atoms with Crippen molar-refractivity contribution in [1.29, 1.82) is 0 Å². The van der Waals surface area contributed by atoms with E-state index in [9.17, 15) is 4.79 Å². The number of benzene rings is 1. The fourth-order valence-corrected chi connectivity index (χ4v) is 2.68. The van der Waals surface area contributed by atoms with Gasteiger partial charge in [0.15, 0.2) is 5.96 Å². The smallest absolute Gasteiger partial charge is 0.251 e. The molecule has 0 aromatic heterocycles. The third-order valence-corrected chi connectivity index (χ3v) is 4.01. The Morgan fingerprint density at radius 2 is 2.12 bits per heavy atom. The van der Waals surface area contributed by atoms with Crippen LogP contribution >= 0.6 is 24.0 Å². The zero-order valence-corrected chi connectivity index (χ0v) is 18.0. The molecule has 1 heterocycles. The first kappa shape index (κ1) is 22.7. The fourth-order valence-electron chi connectivity index (χ4n) is 2.68. The summed E-state index contributed by atoms with van der Waals surface area (Å²) in [6, 6.07) is 7.62. The molecule has 0 radical (unpaired) electrons. The number of nitrogens with one attached hydrogen (secondary N) is 3. The number of aliphatic imine (C=N–C) groups is 1. The molecule has 146 valence electrons. The molecule has 1 atom stereocenters. The van der Waals surface area contributed by atoms with Crippen LogP contribution in [0.4, 0.5) is 0 Å². The van der Waals surface area contributed by atoms with Crippen molar-refractivity contribution < 1.29 is 9.53 Å². The maximum atomic E-state index is 12.3. The summed E-state index contributed by atoms with van der Waals surface area (Å²) in [7, 11) is 0. The van der Waals surface area contributed by atoms with E-state index >= 15 is 0 Å². The van der Waals surface area contributed by atoms with Crippen molar-refractivity contribution >= 4 is 35.8 Å². The summed E-state index contributed by atoms with van der Waals surface area (Å²) in [6.07, 6.45) is 3.30. The highest BCUT2D eigenvalue weighted by Crippen LogP contribution is 2.11. The van der Waals surface area contributed by atoms with E-state index in [1.54, 1.807) is 0 Å². The van der Waals surface area contributed by atoms with Gasteiger partial charge in [-0.1, -0.05) is 19.1 Å². The highest BCUT2D eigenvalue weighted by atomic mass is 127. The van der Waals surface area contributed by atoms with Crippen LogP contribution in [0.1, 0.15) is 49.0 Å². The van der Waals surface area contributed by atoms with Gasteiger partial charge in [-0.25, -0.2) is 4.99 Å². The van der Waals surface area contributed by atoms with Crippen LogP contribution in [-0.2, 0) is 11.3 Å². The van der Waals surface area contributed by atoms with Gasteiger partial charge < -0.3 is 20.7 Å². The molecule has 1 aliphatic rings. The van der Waals surface area contributed by atoms with Gasteiger partial charge in [-0.15, -0.1) is 24.0 Å². The van der Waals surface area contributed by atoms with Gasteiger partial charge in [0, 0.05) is 31.8 Å². The molecule has 3 N–H and O–H groups in total. The van der Waals surface area contributed by atoms with Crippen LogP contribution in [0.25, 0.3) is 0 Å². The van der Waals surface area contributed by atoms with Gasteiger partial charge in [0.2, 0.25) is 0 Å². The summed E-state index contributed by atoms with van der Waals surface area (Å²) in [5, 5.41) is 9.45. The van der Waals surface area contributed by atoms with Gasteiger partial charge in [-0.05, 0) is 43.9 Å². The highest BCUT2D eigenvalue weighted by molar-refractivity contribution is 14.0. The summed E-state index contributed by atoms with van der Waals surface area (Å²) >= 11 is 0. The van der Waals surface area contributed by atoms with E-state index in [0.29, 0.717) is 18.7 Å². The molecule has 6 nitrogen and oxygen atoms in total. The third-order valence-electron chi connectivity index (χ3n) is 4.01. The lowest BCUT2D eigenvalue weighted by atomic mass is 10.1. The van der Waals surface area contributed by atoms with Crippen molar-refractivity contribution in [1.82, 2.24) is 16.0 Å². The summed E-state index contributed by atoms with van der Waals surface area (Å²) in [5.41, 5.74) is 1.68. The van der Waals surface area contributed by atoms with Crippen molar-refractivity contribution in [3.63, 3.8) is 0 Å². The summed E-state index contributed by atoms with van der Waals surface area (Å²) in [6.45, 7) is 7.78. The molecule has 0 bridgehead atoms. The number of guanidine groups is 1. The number of hydrogen-bond acceptors (Lipinski definition) is 3. The van der Waals surface area contributed by atoms with Crippen molar-refractivity contribution in [3.05, 3.63) is 35.4 Å². The molecule has 1 saturated heterocycles. The van der Waals surface area contributed by atoms with Crippen LogP contribution in [-0.4, -0.2) is 44.2 Å². The number of ether oxygens (including phenoxy) is 1. The second kappa shape index (κ2) is 12.9. The minimum Gasteiger partial charge on any atom is -0.376 e. The second-order valence-electron chi connectivity index (χ2n) is 6.17. The summed E-state index contributed by atoms with van der Waals surface area (Å²) in [5.74, 6) is 0.745. The number of rotatable bonds is 8. The normalized spacial score (nSPS) is 16.7. The van der Waals surface area contributed by atoms with E-state index in [0.717, 1.165) is 50.5 Å². The van der Waals surface area contributed by atoms with Crippen molar-refractivity contribution in [2.75, 3.05) is 26.2 Å². The third kappa shape index (κ3) is 7.90. The Hall–Kier alpha value is -1.35. The molecule has 1 amide bonds. The minimum atomic E-state index is -0.0580. The number of carbonyl (C=O) groups is 1. The van der Waals surface area contributed by atoms with E-state index in [1.807, 2.05) is 31.2 Å². The minimum absolute atomic E-state index is 0. The molecule has 0 aliphatic carbocycles. The molecule has 2 rings (SSSR count). The molecule has 7 heteroatoms. The van der Waals surface area contributed by atoms with Gasteiger partial charge in [-0.2, -0.15) is 0 Å². The molecular weight excluding hydrogens is 443 g/mol. The number of carbonyl (C=O) groups excluding carboxylic acids is 1. The molecule has 1 aliphatic heterocycles. The predicted molar refractivity (Wildman–Crippen MR) is 116 cm³/mol. The number of halogens is 1. The number of amides is 1. The zero-order chi connectivity index (χ0) is 17.9. The van der Waals surface area contributed by atoms with E-state index < -0.39 is 0 Å². The van der Waals surface area contributed by atoms with Crippen LogP contribution in [0, 0.1) is 0 Å². The van der Waals surface area contributed by atoms with Crippen LogP contribution < -0.4 is 16.0 Å². The molecule has 1 aromatic rings. The van der Waals surface area contributed by atoms with Crippen LogP contribution in [0.15, 0.2) is 29.3 Å². The first-order valence-corrected chi connectivity index (χ1v) is 9.23. The van der Waals surface area contributed by atoms with E-state index in [2.05, 4.69) is 27.9 Å². The maximum Gasteiger partial charge on any atom is 0.251 e. The Balaban J connectivity index is 0.00000338. The quantitative estimate of drug-likeness (QED) is 0.308. The first-order valence-electron chi connectivity index (χ1n) is 9.23. The van der Waals surface area contributed by atoms with Gasteiger partial charge in [-0.3, -0.25) is 4.79 Å². The molecule has 0 spiro atoms. The standard InChI is InChI=1S/C19H30N4O2.HI/c1-3-10-21-19(20-4-2)23-13-15-7-5-8-16(12-15)18(24)22-14-17-9-6-11-25-17;/h5,7-8,12,17H,3-4,6,9-11,13-14H2,1-2H3,(H,22,24)(H2,20,21,23);1H. The Kier molecular flexibility index (Phi) is 11.3. The van der Waals surface area contributed by atoms with Crippen LogP contribution in [0.3, 0.4) is 0 Å². The van der Waals surface area contributed by atoms with Crippen molar-refractivity contribution in [2.24, 2.45) is 4.99 Å². The van der Waals surface area contributed by atoms with E-state index in [1.165, 1.54) is 0 Å². The Morgan fingerprint density at radius 3 is 2.81 bits per heavy atom. The number of nitrogens with zero attached hydrogens (tertiary/aromatic N) is 1. The molecule has 1 unspecified atom stereocenters. The average Bonchev–Trinajstić information content (AvgIpc) is 3.16. The maximum absolute atomic E-state index is 12.3. The Labute approximate surface area is 173 Å². The number of hydrogen-bond donors (Lipinski definition) is 3. The highest BCUT2D eigenvalue weighted by Gasteiger charge is 2.16. The fraction of sp³-hybridized carbons (Fsp3) is 0.579. The molecule has 26 heavy (non-hydrogen) atoms. The SMILES string of the molecule is CCCNC(=NCc1cccc(C(=O)NCC2CCCO2)c1)NCC.I. The zero-order valence-electron chi connectivity index (χ0n) is 15.7. The van der Waals surface area contributed by atoms with Gasteiger partial charge in [0.1, 0.15) is 0 Å². The summed E-state index contributed by atoms with van der Waals surface area (Å²) < 4.78 is 5.54. The average molecular weight is 474 g/mol.